The van der Waals surface area contributed by atoms with Crippen LogP contribution < -0.4 is 10.2 Å². The topological polar surface area (TPSA) is 67.4 Å². The lowest BCUT2D eigenvalue weighted by Gasteiger charge is -2.17. The van der Waals surface area contributed by atoms with E-state index in [4.69, 9.17) is 9.72 Å². The lowest BCUT2D eigenvalue weighted by atomic mass is 10.1. The van der Waals surface area contributed by atoms with Gasteiger partial charge in [-0.15, -0.1) is 0 Å². The Balaban J connectivity index is 1.31. The van der Waals surface area contributed by atoms with Crippen molar-refractivity contribution in [1.29, 1.82) is 0 Å². The maximum Gasteiger partial charge on any atom is 0.251 e. The number of thioether (sulfide) groups is 1. The van der Waals surface area contributed by atoms with Crippen molar-refractivity contribution in [3.8, 4) is 0 Å². The third kappa shape index (κ3) is 5.48. The van der Waals surface area contributed by atoms with Gasteiger partial charge in [-0.25, -0.2) is 9.97 Å². The van der Waals surface area contributed by atoms with Crippen molar-refractivity contribution in [3.63, 3.8) is 0 Å². The fourth-order valence-electron chi connectivity index (χ4n) is 3.71. The average molecular weight is 413 g/mol. The van der Waals surface area contributed by atoms with Crippen molar-refractivity contribution >= 4 is 23.5 Å². The lowest BCUT2D eigenvalue weighted by Crippen LogP contribution is -2.31. The van der Waals surface area contributed by atoms with Crippen molar-refractivity contribution in [2.45, 2.75) is 49.6 Å². The molecule has 3 heterocycles. The maximum atomic E-state index is 12.3. The molecule has 29 heavy (non-hydrogen) atoms. The molecule has 6 nitrogen and oxygen atoms in total. The summed E-state index contributed by atoms with van der Waals surface area (Å²) in [6.45, 7) is 5.57. The molecule has 2 aliphatic heterocycles. The molecule has 0 spiro atoms. The van der Waals surface area contributed by atoms with E-state index >= 15 is 0 Å². The Morgan fingerprint density at radius 2 is 2.00 bits per heavy atom. The molecule has 0 aliphatic carbocycles. The maximum absolute atomic E-state index is 12.3. The third-order valence-electron chi connectivity index (χ3n) is 5.35. The van der Waals surface area contributed by atoms with E-state index in [2.05, 4.69) is 21.3 Å². The molecule has 1 N–H and O–H groups in total. The van der Waals surface area contributed by atoms with Crippen molar-refractivity contribution < 1.29 is 9.53 Å². The lowest BCUT2D eigenvalue weighted by molar-refractivity contribution is 0.0858. The van der Waals surface area contributed by atoms with Crippen molar-refractivity contribution in [1.82, 2.24) is 15.3 Å². The quantitative estimate of drug-likeness (QED) is 0.554. The van der Waals surface area contributed by atoms with Gasteiger partial charge in [0.25, 0.3) is 5.91 Å². The number of nitrogens with one attached hydrogen (secondary N) is 1. The van der Waals surface area contributed by atoms with Gasteiger partial charge in [0.1, 0.15) is 5.82 Å². The Morgan fingerprint density at radius 3 is 2.72 bits per heavy atom. The highest BCUT2D eigenvalue weighted by molar-refractivity contribution is 7.98. The number of aryl methyl sites for hydroxylation is 1. The first-order valence-corrected chi connectivity index (χ1v) is 11.4. The molecule has 4 rings (SSSR count). The van der Waals surface area contributed by atoms with Crippen molar-refractivity contribution in [2.24, 2.45) is 0 Å². The number of nitrogens with zero attached hydrogens (tertiary/aromatic N) is 3. The first-order valence-electron chi connectivity index (χ1n) is 10.4. The summed E-state index contributed by atoms with van der Waals surface area (Å²) >= 11 is 1.64. The number of benzene rings is 1. The van der Waals surface area contributed by atoms with Crippen LogP contribution in [0.2, 0.25) is 0 Å². The van der Waals surface area contributed by atoms with Crippen LogP contribution in [0.25, 0.3) is 0 Å². The molecule has 2 aromatic rings. The minimum atomic E-state index is -0.0445. The Hall–Kier alpha value is -2.12. The molecule has 2 aliphatic rings. The molecule has 0 bridgehead atoms. The van der Waals surface area contributed by atoms with Crippen LogP contribution in [0.5, 0.6) is 0 Å². The van der Waals surface area contributed by atoms with Crippen LogP contribution in [0.1, 0.15) is 47.3 Å². The zero-order chi connectivity index (χ0) is 20.1. The minimum absolute atomic E-state index is 0.0445. The van der Waals surface area contributed by atoms with Gasteiger partial charge in [0.15, 0.2) is 5.16 Å². The SMILES string of the molecule is Cc1cc(N2CCCC2)nc(SCc2ccc(C(=O)NCC3CCCO3)cc2)n1. The second-order valence-corrected chi connectivity index (χ2v) is 8.62. The average Bonchev–Trinajstić information content (AvgIpc) is 3.44. The molecule has 7 heteroatoms. The fourth-order valence-corrected chi connectivity index (χ4v) is 4.57. The number of anilines is 1. The predicted molar refractivity (Wildman–Crippen MR) is 116 cm³/mol. The van der Waals surface area contributed by atoms with E-state index in [0.717, 1.165) is 60.5 Å². The largest absolute Gasteiger partial charge is 0.376 e. The summed E-state index contributed by atoms with van der Waals surface area (Å²) in [4.78, 5) is 24.0. The van der Waals surface area contributed by atoms with Gasteiger partial charge in [-0.3, -0.25) is 4.79 Å². The molecule has 2 fully saturated rings. The van der Waals surface area contributed by atoms with Crippen LogP contribution in [0, 0.1) is 6.92 Å². The van der Waals surface area contributed by atoms with Gasteiger partial charge in [0.2, 0.25) is 0 Å². The van der Waals surface area contributed by atoms with Crippen LogP contribution in [0.3, 0.4) is 0 Å². The van der Waals surface area contributed by atoms with Crippen LogP contribution >= 0.6 is 11.8 Å². The van der Waals surface area contributed by atoms with Crippen LogP contribution in [0.15, 0.2) is 35.5 Å². The Labute approximate surface area is 176 Å². The van der Waals surface area contributed by atoms with E-state index in [1.54, 1.807) is 11.8 Å². The second-order valence-electron chi connectivity index (χ2n) is 7.67. The van der Waals surface area contributed by atoms with Crippen LogP contribution in [0.4, 0.5) is 5.82 Å². The summed E-state index contributed by atoms with van der Waals surface area (Å²) in [7, 11) is 0. The number of amides is 1. The van der Waals surface area contributed by atoms with E-state index in [-0.39, 0.29) is 12.0 Å². The summed E-state index contributed by atoms with van der Waals surface area (Å²) in [5.74, 6) is 1.77. The molecule has 1 aromatic carbocycles. The van der Waals surface area contributed by atoms with Gasteiger partial charge in [-0.2, -0.15) is 0 Å². The number of hydrogen-bond acceptors (Lipinski definition) is 6. The van der Waals surface area contributed by atoms with Gasteiger partial charge in [-0.1, -0.05) is 23.9 Å². The highest BCUT2D eigenvalue weighted by Crippen LogP contribution is 2.25. The molecule has 1 aromatic heterocycles. The number of carbonyl (C=O) groups excluding carboxylic acids is 1. The molecule has 0 radical (unpaired) electrons. The summed E-state index contributed by atoms with van der Waals surface area (Å²) in [6.07, 6.45) is 4.74. The van der Waals surface area contributed by atoms with E-state index < -0.39 is 0 Å². The fraction of sp³-hybridized carbons (Fsp3) is 0.500. The zero-order valence-corrected chi connectivity index (χ0v) is 17.7. The predicted octanol–water partition coefficient (Wildman–Crippen LogP) is 3.59. The second kappa shape index (κ2) is 9.59. The first kappa shape index (κ1) is 20.2. The molecular weight excluding hydrogens is 384 g/mol. The summed E-state index contributed by atoms with van der Waals surface area (Å²) in [6, 6.07) is 9.84. The van der Waals surface area contributed by atoms with E-state index in [0.29, 0.717) is 12.1 Å². The smallest absolute Gasteiger partial charge is 0.251 e. The van der Waals surface area contributed by atoms with Gasteiger partial charge in [-0.05, 0) is 50.3 Å². The van der Waals surface area contributed by atoms with Gasteiger partial charge < -0.3 is 15.0 Å². The Kier molecular flexibility index (Phi) is 6.67. The number of carbonyl (C=O) groups is 1. The van der Waals surface area contributed by atoms with Crippen LogP contribution in [-0.4, -0.2) is 48.2 Å². The van der Waals surface area contributed by atoms with Gasteiger partial charge in [0.05, 0.1) is 6.10 Å². The van der Waals surface area contributed by atoms with Crippen molar-refractivity contribution in [3.05, 3.63) is 47.2 Å². The molecule has 1 unspecified atom stereocenters. The van der Waals surface area contributed by atoms with E-state index in [1.165, 1.54) is 12.8 Å². The highest BCUT2D eigenvalue weighted by atomic mass is 32.2. The normalized spacial score (nSPS) is 18.9. The molecular formula is C22H28N4O2S. The van der Waals surface area contributed by atoms with Gasteiger partial charge in [0, 0.05) is 49.3 Å². The monoisotopic (exact) mass is 412 g/mol. The summed E-state index contributed by atoms with van der Waals surface area (Å²) in [5, 5.41) is 3.77. The molecule has 0 saturated carbocycles. The number of hydrogen-bond donors (Lipinski definition) is 1. The van der Waals surface area contributed by atoms with E-state index in [1.807, 2.05) is 31.2 Å². The zero-order valence-electron chi connectivity index (χ0n) is 16.9. The molecule has 1 amide bonds. The Bertz CT molecular complexity index is 831. The van der Waals surface area contributed by atoms with Gasteiger partial charge >= 0.3 is 0 Å². The van der Waals surface area contributed by atoms with Crippen molar-refractivity contribution in [2.75, 3.05) is 31.1 Å². The molecule has 154 valence electrons. The third-order valence-corrected chi connectivity index (χ3v) is 6.27. The number of rotatable bonds is 7. The molecule has 2 saturated heterocycles. The highest BCUT2D eigenvalue weighted by Gasteiger charge is 2.17. The number of ether oxygens (including phenoxy) is 1. The Morgan fingerprint density at radius 1 is 1.21 bits per heavy atom. The minimum Gasteiger partial charge on any atom is -0.376 e. The standard InChI is InChI=1S/C22H28N4O2S/c1-16-13-20(26-10-2-3-11-26)25-22(24-16)29-15-17-6-8-18(9-7-17)21(27)23-14-19-5-4-12-28-19/h6-9,13,19H,2-5,10-12,14-15H2,1H3,(H,23,27). The van der Waals surface area contributed by atoms with E-state index in [9.17, 15) is 4.79 Å². The van der Waals surface area contributed by atoms with Crippen LogP contribution in [-0.2, 0) is 10.5 Å². The number of aromatic nitrogens is 2. The molecule has 1 atom stereocenters. The summed E-state index contributed by atoms with van der Waals surface area (Å²) in [5.41, 5.74) is 2.83. The first-order chi connectivity index (χ1) is 14.2. The summed E-state index contributed by atoms with van der Waals surface area (Å²) < 4.78 is 5.55.